The smallest absolute Gasteiger partial charge is 0.415 e. The number of cyclic esters (lactones) is 1. The number of hydrogen-bond acceptors (Lipinski definition) is 4. The quantitative estimate of drug-likeness (QED) is 0.726. The highest BCUT2D eigenvalue weighted by molar-refractivity contribution is 6.32. The van der Waals surface area contributed by atoms with E-state index in [1.807, 2.05) is 30.3 Å². The van der Waals surface area contributed by atoms with E-state index in [4.69, 9.17) is 25.8 Å². The highest BCUT2D eigenvalue weighted by atomic mass is 35.5. The molecule has 1 amide bonds. The van der Waals surface area contributed by atoms with Gasteiger partial charge in [0.15, 0.2) is 11.9 Å². The summed E-state index contributed by atoms with van der Waals surface area (Å²) >= 11 is 6.49. The molecule has 3 aliphatic heterocycles. The Morgan fingerprint density at radius 3 is 2.84 bits per heavy atom. The third-order valence-corrected chi connectivity index (χ3v) is 4.94. The molecule has 0 bridgehead atoms. The predicted octanol–water partition coefficient (Wildman–Crippen LogP) is 4.95. The number of benzene rings is 2. The molecule has 2 aromatic rings. The van der Waals surface area contributed by atoms with Crippen LogP contribution in [0.1, 0.15) is 23.7 Å². The molecule has 6 heteroatoms. The Kier molecular flexibility index (Phi) is 3.18. The fourth-order valence-corrected chi connectivity index (χ4v) is 3.73. The molecule has 5 rings (SSSR count). The molecule has 126 valence electrons. The second kappa shape index (κ2) is 5.43. The van der Waals surface area contributed by atoms with Crippen molar-refractivity contribution < 1.29 is 19.0 Å². The van der Waals surface area contributed by atoms with Gasteiger partial charge in [0.05, 0.1) is 23.9 Å². The first-order chi connectivity index (χ1) is 12.2. The van der Waals surface area contributed by atoms with Crippen LogP contribution in [0.3, 0.4) is 0 Å². The highest BCUT2D eigenvalue weighted by Crippen LogP contribution is 2.51. The number of nitrogens with zero attached hydrogens (tertiary/aromatic N) is 1. The number of anilines is 1. The summed E-state index contributed by atoms with van der Waals surface area (Å²) in [5, 5.41) is 0.521. The van der Waals surface area contributed by atoms with Crippen LogP contribution in [-0.2, 0) is 16.0 Å². The van der Waals surface area contributed by atoms with Crippen LogP contribution in [0, 0.1) is 0 Å². The van der Waals surface area contributed by atoms with Crippen molar-refractivity contribution in [3.8, 4) is 11.5 Å². The van der Waals surface area contributed by atoms with Gasteiger partial charge in [0, 0.05) is 17.5 Å². The Morgan fingerprint density at radius 1 is 1.12 bits per heavy atom. The third kappa shape index (κ3) is 2.19. The minimum absolute atomic E-state index is 0.363. The molecule has 1 unspecified atom stereocenters. The first-order valence-corrected chi connectivity index (χ1v) is 8.49. The van der Waals surface area contributed by atoms with Crippen molar-refractivity contribution in [1.29, 1.82) is 0 Å². The van der Waals surface area contributed by atoms with Crippen LogP contribution in [-0.4, -0.2) is 12.7 Å². The molecule has 3 heterocycles. The zero-order valence-electron chi connectivity index (χ0n) is 13.2. The van der Waals surface area contributed by atoms with Crippen molar-refractivity contribution in [2.75, 3.05) is 11.5 Å². The van der Waals surface area contributed by atoms with Gasteiger partial charge in [-0.2, -0.15) is 0 Å². The number of hydrogen-bond donors (Lipinski definition) is 0. The van der Waals surface area contributed by atoms with E-state index in [-0.39, 0.29) is 0 Å². The molecule has 2 aromatic carbocycles. The molecule has 5 nitrogen and oxygen atoms in total. The molecule has 1 atom stereocenters. The molecule has 0 radical (unpaired) electrons. The summed E-state index contributed by atoms with van der Waals surface area (Å²) in [6, 6.07) is 11.2. The van der Waals surface area contributed by atoms with E-state index in [9.17, 15) is 4.79 Å². The van der Waals surface area contributed by atoms with Crippen molar-refractivity contribution in [3.63, 3.8) is 0 Å². The summed E-state index contributed by atoms with van der Waals surface area (Å²) in [5.74, 6) is 1.94. The number of halogens is 1. The van der Waals surface area contributed by atoms with Gasteiger partial charge in [0.25, 0.3) is 0 Å². The lowest BCUT2D eigenvalue weighted by Crippen LogP contribution is -2.37. The molecule has 0 fully saturated rings. The Morgan fingerprint density at radius 2 is 2.00 bits per heavy atom. The maximum absolute atomic E-state index is 12.7. The SMILES string of the molecule is O=C1OC(C2=CCCO2)c2c(Cl)ccc3c2N1Cc1ccccc1O3. The summed E-state index contributed by atoms with van der Waals surface area (Å²) in [5.41, 5.74) is 2.27. The third-order valence-electron chi connectivity index (χ3n) is 4.61. The predicted molar refractivity (Wildman–Crippen MR) is 92.0 cm³/mol. The first-order valence-electron chi connectivity index (χ1n) is 8.11. The van der Waals surface area contributed by atoms with Crippen LogP contribution in [0.25, 0.3) is 0 Å². The van der Waals surface area contributed by atoms with Crippen molar-refractivity contribution in [1.82, 2.24) is 0 Å². The number of para-hydroxylation sites is 1. The van der Waals surface area contributed by atoms with E-state index in [0.29, 0.717) is 40.9 Å². The monoisotopic (exact) mass is 355 g/mol. The van der Waals surface area contributed by atoms with E-state index in [0.717, 1.165) is 17.7 Å². The molecule has 3 aliphatic rings. The summed E-state index contributed by atoms with van der Waals surface area (Å²) in [6.45, 7) is 0.948. The van der Waals surface area contributed by atoms with Crippen molar-refractivity contribution in [2.24, 2.45) is 0 Å². The molecule has 0 aliphatic carbocycles. The fourth-order valence-electron chi connectivity index (χ4n) is 3.47. The minimum Gasteiger partial charge on any atom is -0.494 e. The molecule has 0 N–H and O–H groups in total. The molecule has 0 saturated heterocycles. The average Bonchev–Trinajstić information content (AvgIpc) is 3.09. The van der Waals surface area contributed by atoms with Crippen LogP contribution >= 0.6 is 11.6 Å². The van der Waals surface area contributed by atoms with Crippen LogP contribution in [0.4, 0.5) is 10.5 Å². The summed E-state index contributed by atoms with van der Waals surface area (Å²) in [4.78, 5) is 14.3. The Bertz CT molecular complexity index is 924. The Hall–Kier alpha value is -2.66. The van der Waals surface area contributed by atoms with Gasteiger partial charge < -0.3 is 14.2 Å². The van der Waals surface area contributed by atoms with Gasteiger partial charge in [-0.1, -0.05) is 29.8 Å². The second-order valence-electron chi connectivity index (χ2n) is 6.11. The number of ether oxygens (including phenoxy) is 3. The van der Waals surface area contributed by atoms with Gasteiger partial charge in [0.1, 0.15) is 11.5 Å². The second-order valence-corrected chi connectivity index (χ2v) is 6.52. The topological polar surface area (TPSA) is 48.0 Å². The van der Waals surface area contributed by atoms with Crippen molar-refractivity contribution in [3.05, 3.63) is 64.4 Å². The number of amides is 1. The zero-order chi connectivity index (χ0) is 17.0. The summed E-state index contributed by atoms with van der Waals surface area (Å²) in [6.07, 6.45) is 1.66. The van der Waals surface area contributed by atoms with Gasteiger partial charge in [0.2, 0.25) is 0 Å². The van der Waals surface area contributed by atoms with Crippen LogP contribution in [0.5, 0.6) is 11.5 Å². The molecule has 0 aromatic heterocycles. The lowest BCUT2D eigenvalue weighted by molar-refractivity contribution is 0.0758. The number of carbonyl (C=O) groups excluding carboxylic acids is 1. The largest absolute Gasteiger partial charge is 0.494 e. The first kappa shape index (κ1) is 14.7. The van der Waals surface area contributed by atoms with Gasteiger partial charge >= 0.3 is 6.09 Å². The number of carbonyl (C=O) groups is 1. The van der Waals surface area contributed by atoms with Gasteiger partial charge in [-0.3, -0.25) is 4.90 Å². The van der Waals surface area contributed by atoms with E-state index in [2.05, 4.69) is 0 Å². The molecule has 0 saturated carbocycles. The lowest BCUT2D eigenvalue weighted by atomic mass is 10.0. The molecular formula is C19H14ClNO4. The molecule has 0 spiro atoms. The van der Waals surface area contributed by atoms with Gasteiger partial charge in [-0.15, -0.1) is 0 Å². The maximum Gasteiger partial charge on any atom is 0.415 e. The maximum atomic E-state index is 12.7. The Labute approximate surface area is 149 Å². The molecule has 25 heavy (non-hydrogen) atoms. The zero-order valence-corrected chi connectivity index (χ0v) is 14.0. The lowest BCUT2D eigenvalue weighted by Gasteiger charge is -2.34. The van der Waals surface area contributed by atoms with Gasteiger partial charge in [-0.05, 0) is 24.3 Å². The van der Waals surface area contributed by atoms with E-state index in [1.54, 1.807) is 17.0 Å². The minimum atomic E-state index is -0.640. The standard InChI is InChI=1S/C19H14ClNO4/c20-12-7-8-14-17-16(12)18(15-6-3-9-23-15)25-19(22)21(17)10-11-4-1-2-5-13(11)24-14/h1-2,4-8,18H,3,9-10H2. The molecular weight excluding hydrogens is 342 g/mol. The highest BCUT2D eigenvalue weighted by Gasteiger charge is 2.41. The normalized spacial score (nSPS) is 20.5. The van der Waals surface area contributed by atoms with Crippen LogP contribution in [0.15, 0.2) is 48.2 Å². The fraction of sp³-hybridized carbons (Fsp3) is 0.211. The van der Waals surface area contributed by atoms with Crippen LogP contribution in [0.2, 0.25) is 5.02 Å². The number of fused-ring (bicyclic) bond motifs is 1. The van der Waals surface area contributed by atoms with E-state index < -0.39 is 12.2 Å². The summed E-state index contributed by atoms with van der Waals surface area (Å²) in [7, 11) is 0. The number of rotatable bonds is 1. The van der Waals surface area contributed by atoms with Gasteiger partial charge in [-0.25, -0.2) is 4.79 Å². The Balaban J connectivity index is 1.73. The van der Waals surface area contributed by atoms with E-state index >= 15 is 0 Å². The van der Waals surface area contributed by atoms with Crippen molar-refractivity contribution >= 4 is 23.4 Å². The average molecular weight is 356 g/mol. The van der Waals surface area contributed by atoms with Crippen LogP contribution < -0.4 is 9.64 Å². The summed E-state index contributed by atoms with van der Waals surface area (Å²) < 4.78 is 17.4. The van der Waals surface area contributed by atoms with E-state index in [1.165, 1.54) is 0 Å². The van der Waals surface area contributed by atoms with Crippen molar-refractivity contribution in [2.45, 2.75) is 19.1 Å².